The van der Waals surface area contributed by atoms with Crippen LogP contribution in [-0.4, -0.2) is 101 Å². The maximum Gasteiger partial charge on any atom is 0.326 e. The van der Waals surface area contributed by atoms with E-state index in [1.807, 2.05) is 0 Å². The molecule has 0 spiro atoms. The van der Waals surface area contributed by atoms with E-state index in [2.05, 4.69) is 45.7 Å². The van der Waals surface area contributed by atoms with E-state index in [4.69, 9.17) is 5.11 Å². The van der Waals surface area contributed by atoms with Crippen molar-refractivity contribution in [3.05, 3.63) is 0 Å². The van der Waals surface area contributed by atoms with E-state index in [1.54, 1.807) is 13.8 Å². The third-order valence-corrected chi connectivity index (χ3v) is 8.35. The number of unbranched alkanes of at least 4 members (excludes halogenated alkanes) is 3. The largest absolute Gasteiger partial charge is 0.480 e. The Morgan fingerprint density at radius 1 is 0.500 bits per heavy atom. The Hall–Kier alpha value is -4.08. The predicted octanol–water partition coefficient (Wildman–Crippen LogP) is 2.08. The quantitative estimate of drug-likeness (QED) is 0.0478. The zero-order valence-corrected chi connectivity index (χ0v) is 31.8. The molecule has 0 rings (SSSR count). The molecule has 52 heavy (non-hydrogen) atoms. The molecule has 0 bridgehead atoms. The van der Waals surface area contributed by atoms with Gasteiger partial charge in [0.2, 0.25) is 29.5 Å². The molecule has 16 heteroatoms. The van der Waals surface area contributed by atoms with Crippen molar-refractivity contribution in [2.75, 3.05) is 13.1 Å². The number of nitrogens with one attached hydrogen (secondary N) is 6. The smallest absolute Gasteiger partial charge is 0.326 e. The van der Waals surface area contributed by atoms with Crippen LogP contribution >= 0.6 is 0 Å². The fraction of sp³-hybridized carbons (Fsp3) is 0.778. The maximum atomic E-state index is 12.6. The summed E-state index contributed by atoms with van der Waals surface area (Å²) in [5.41, 5.74) is 0. The highest BCUT2D eigenvalue weighted by Crippen LogP contribution is 2.09. The molecule has 0 aliphatic heterocycles. The molecule has 16 nitrogen and oxygen atoms in total. The monoisotopic (exact) mass is 740 g/mol. The van der Waals surface area contributed by atoms with Gasteiger partial charge in [-0.25, -0.2) is 9.59 Å². The molecule has 0 saturated heterocycles. The van der Waals surface area contributed by atoms with Crippen molar-refractivity contribution >= 4 is 47.3 Å². The molecular weight excluding hydrogens is 676 g/mol. The van der Waals surface area contributed by atoms with Crippen LogP contribution in [0.5, 0.6) is 0 Å². The maximum absolute atomic E-state index is 12.6. The van der Waals surface area contributed by atoms with E-state index in [0.717, 1.165) is 51.5 Å². The molecule has 0 heterocycles. The molecule has 0 aromatic heterocycles. The van der Waals surface area contributed by atoms with Gasteiger partial charge in [0.25, 0.3) is 0 Å². The lowest BCUT2D eigenvalue weighted by Gasteiger charge is -2.18. The van der Waals surface area contributed by atoms with Gasteiger partial charge >= 0.3 is 11.9 Å². The third kappa shape index (κ3) is 25.0. The standard InChI is InChI=1S/C36H64N6O10/c1-6-8-9-13-30(44)27(37-22-7-2)12-10-11-23-38-31(45)18-14-24(3)39-33(47)21-17-29(36(51)52)42-34(48)19-15-25(4)40-32(46)20-16-28(35(49)50)41-26(5)43/h24-25,27-29,37H,6-23H2,1-5H3,(H,38,45)(H,39,47)(H,40,46)(H,41,43)(H,42,48)(H,49,50)(H,51,52). The summed E-state index contributed by atoms with van der Waals surface area (Å²) in [5, 5.41) is 34.9. The van der Waals surface area contributed by atoms with Gasteiger partial charge in [0, 0.05) is 57.7 Å². The molecule has 5 amide bonds. The molecule has 0 aliphatic carbocycles. The fourth-order valence-electron chi connectivity index (χ4n) is 5.32. The predicted molar refractivity (Wildman–Crippen MR) is 195 cm³/mol. The summed E-state index contributed by atoms with van der Waals surface area (Å²) in [6.07, 6.45) is 6.94. The normalized spacial score (nSPS) is 13.8. The molecule has 5 atom stereocenters. The van der Waals surface area contributed by atoms with Crippen molar-refractivity contribution in [3.63, 3.8) is 0 Å². The van der Waals surface area contributed by atoms with Gasteiger partial charge in [-0.3, -0.25) is 28.8 Å². The molecule has 0 aliphatic rings. The fourth-order valence-corrected chi connectivity index (χ4v) is 5.32. The molecule has 298 valence electrons. The van der Waals surface area contributed by atoms with E-state index in [9.17, 15) is 43.5 Å². The van der Waals surface area contributed by atoms with Crippen LogP contribution in [0, 0.1) is 0 Å². The molecule has 0 aromatic rings. The van der Waals surface area contributed by atoms with Crippen LogP contribution < -0.4 is 31.9 Å². The van der Waals surface area contributed by atoms with Crippen molar-refractivity contribution < 1.29 is 48.6 Å². The number of carbonyl (C=O) groups excluding carboxylic acids is 6. The first-order chi connectivity index (χ1) is 24.6. The summed E-state index contributed by atoms with van der Waals surface area (Å²) in [5.74, 6) is -4.43. The van der Waals surface area contributed by atoms with Crippen LogP contribution in [0.1, 0.15) is 137 Å². The van der Waals surface area contributed by atoms with Gasteiger partial charge in [-0.05, 0) is 78.2 Å². The average molecular weight is 741 g/mol. The number of Topliss-reactive ketones (excluding diaryl/α,β-unsaturated/α-hetero) is 1. The minimum Gasteiger partial charge on any atom is -0.480 e. The van der Waals surface area contributed by atoms with Crippen LogP contribution in [0.25, 0.3) is 0 Å². The number of carboxylic acid groups (broad SMARTS) is 2. The Kier molecular flexibility index (Phi) is 26.3. The number of hydrogen-bond donors (Lipinski definition) is 8. The van der Waals surface area contributed by atoms with Gasteiger partial charge in [0.05, 0.1) is 6.04 Å². The molecule has 0 aromatic carbocycles. The molecule has 5 unspecified atom stereocenters. The van der Waals surface area contributed by atoms with E-state index in [0.29, 0.717) is 19.4 Å². The Bertz CT molecular complexity index is 1150. The Labute approximate surface area is 308 Å². The lowest BCUT2D eigenvalue weighted by molar-refractivity contribution is -0.142. The second kappa shape index (κ2) is 28.5. The lowest BCUT2D eigenvalue weighted by atomic mass is 10.0. The van der Waals surface area contributed by atoms with Gasteiger partial charge in [0.1, 0.15) is 17.9 Å². The third-order valence-electron chi connectivity index (χ3n) is 8.35. The summed E-state index contributed by atoms with van der Waals surface area (Å²) in [6.45, 7) is 10.0. The highest BCUT2D eigenvalue weighted by atomic mass is 16.4. The van der Waals surface area contributed by atoms with Crippen molar-refractivity contribution in [2.24, 2.45) is 0 Å². The first-order valence-electron chi connectivity index (χ1n) is 18.7. The van der Waals surface area contributed by atoms with Crippen molar-refractivity contribution in [2.45, 2.75) is 168 Å². The van der Waals surface area contributed by atoms with Gasteiger partial charge in [-0.15, -0.1) is 0 Å². The van der Waals surface area contributed by atoms with Crippen LogP contribution in [0.2, 0.25) is 0 Å². The minimum absolute atomic E-state index is 0.102. The second-order valence-electron chi connectivity index (χ2n) is 13.4. The van der Waals surface area contributed by atoms with Gasteiger partial charge in [0.15, 0.2) is 0 Å². The molecule has 0 fully saturated rings. The first kappa shape index (κ1) is 47.9. The number of ketones is 1. The van der Waals surface area contributed by atoms with Gasteiger partial charge in [-0.2, -0.15) is 0 Å². The Morgan fingerprint density at radius 3 is 1.50 bits per heavy atom. The van der Waals surface area contributed by atoms with E-state index in [-0.39, 0.29) is 68.7 Å². The number of hydrogen-bond acceptors (Lipinski definition) is 9. The summed E-state index contributed by atoms with van der Waals surface area (Å²) < 4.78 is 0. The van der Waals surface area contributed by atoms with E-state index >= 15 is 0 Å². The summed E-state index contributed by atoms with van der Waals surface area (Å²) in [4.78, 5) is 96.0. The number of carbonyl (C=O) groups is 8. The molecule has 0 saturated carbocycles. The van der Waals surface area contributed by atoms with Crippen LogP contribution in [-0.2, 0) is 38.4 Å². The van der Waals surface area contributed by atoms with Gasteiger partial charge in [-0.1, -0.05) is 26.7 Å². The Morgan fingerprint density at radius 2 is 1.00 bits per heavy atom. The first-order valence-corrected chi connectivity index (χ1v) is 18.7. The van der Waals surface area contributed by atoms with E-state index in [1.165, 1.54) is 6.92 Å². The zero-order chi connectivity index (χ0) is 39.5. The van der Waals surface area contributed by atoms with Crippen LogP contribution in [0.3, 0.4) is 0 Å². The topological polar surface area (TPSA) is 249 Å². The summed E-state index contributed by atoms with van der Waals surface area (Å²) in [7, 11) is 0. The zero-order valence-electron chi connectivity index (χ0n) is 31.8. The number of amides is 5. The number of rotatable bonds is 31. The SMILES string of the molecule is CCCCCC(=O)C(CCCCNC(=O)CCC(C)NC(=O)CCC(NC(=O)CCC(C)NC(=O)CCC(NC(C)=O)C(=O)O)C(=O)O)NCCC. The van der Waals surface area contributed by atoms with Crippen molar-refractivity contribution in [1.82, 2.24) is 31.9 Å². The number of aliphatic carboxylic acids is 2. The molecule has 8 N–H and O–H groups in total. The van der Waals surface area contributed by atoms with Crippen LogP contribution in [0.4, 0.5) is 0 Å². The van der Waals surface area contributed by atoms with Crippen LogP contribution in [0.15, 0.2) is 0 Å². The Balaban J connectivity index is 4.40. The molecule has 0 radical (unpaired) electrons. The second-order valence-corrected chi connectivity index (χ2v) is 13.4. The summed E-state index contributed by atoms with van der Waals surface area (Å²) in [6, 6.07) is -3.46. The van der Waals surface area contributed by atoms with E-state index < -0.39 is 53.7 Å². The average Bonchev–Trinajstić information content (AvgIpc) is 3.07. The molecular formula is C36H64N6O10. The highest BCUT2D eigenvalue weighted by Gasteiger charge is 2.23. The summed E-state index contributed by atoms with van der Waals surface area (Å²) >= 11 is 0. The minimum atomic E-state index is -1.30. The number of carboxylic acids is 2. The van der Waals surface area contributed by atoms with Crippen molar-refractivity contribution in [3.8, 4) is 0 Å². The van der Waals surface area contributed by atoms with Gasteiger partial charge < -0.3 is 42.1 Å². The van der Waals surface area contributed by atoms with Crippen molar-refractivity contribution in [1.29, 1.82) is 0 Å². The highest BCUT2D eigenvalue weighted by molar-refractivity contribution is 5.85. The lowest BCUT2D eigenvalue weighted by Crippen LogP contribution is -2.43.